The Morgan fingerprint density at radius 2 is 1.50 bits per heavy atom. The summed E-state index contributed by atoms with van der Waals surface area (Å²) in [5.74, 6) is -0.802. The summed E-state index contributed by atoms with van der Waals surface area (Å²) in [5, 5.41) is 14.6. The Kier molecular flexibility index (Phi) is 9.75. The largest absolute Gasteiger partial charge is 0.497 e. The molecule has 1 saturated heterocycles. The lowest BCUT2D eigenvalue weighted by Crippen LogP contribution is -2.61. The van der Waals surface area contributed by atoms with Crippen LogP contribution in [0, 0.1) is 6.92 Å². The molecule has 5 rings (SSSR count). The zero-order valence-corrected chi connectivity index (χ0v) is 24.4. The number of nitrogens with zero attached hydrogens (tertiary/aromatic N) is 1. The SMILES string of the molecule is COc1ccc(C(N[C@]2(n3cc(C)c(=O)[nH]c3=O)C[C@H](O)[C@@H](C)O2)(c2ccccc2)c2ccccc2)cc1.NP(O)O. The van der Waals surface area contributed by atoms with Gasteiger partial charge in [0.05, 0.1) is 24.9 Å². The highest BCUT2D eigenvalue weighted by Gasteiger charge is 2.52. The summed E-state index contributed by atoms with van der Waals surface area (Å²) in [6.45, 7) is 3.39. The molecule has 1 fully saturated rings. The Bertz CT molecular complexity index is 1530. The number of hydrogen-bond acceptors (Lipinski definition) is 9. The fraction of sp³-hybridized carbons (Fsp3) is 0.267. The number of aliphatic hydroxyl groups is 1. The van der Waals surface area contributed by atoms with Gasteiger partial charge in [0.15, 0.2) is 0 Å². The molecule has 7 N–H and O–H groups in total. The van der Waals surface area contributed by atoms with Crippen LogP contribution in [0.25, 0.3) is 0 Å². The Morgan fingerprint density at radius 1 is 1.00 bits per heavy atom. The highest BCUT2D eigenvalue weighted by Crippen LogP contribution is 2.43. The smallest absolute Gasteiger partial charge is 0.331 e. The first kappa shape index (κ1) is 31.3. The van der Waals surface area contributed by atoms with E-state index in [1.807, 2.05) is 84.9 Å². The van der Waals surface area contributed by atoms with Gasteiger partial charge in [-0.3, -0.25) is 25.2 Å². The molecule has 12 heteroatoms. The third-order valence-corrected chi connectivity index (χ3v) is 7.24. The Labute approximate surface area is 244 Å². The lowest BCUT2D eigenvalue weighted by atomic mass is 9.76. The topological polar surface area (TPSA) is 172 Å². The van der Waals surface area contributed by atoms with E-state index in [4.69, 9.17) is 19.3 Å². The van der Waals surface area contributed by atoms with Crippen molar-refractivity contribution in [2.45, 2.75) is 43.9 Å². The zero-order chi connectivity index (χ0) is 30.5. The highest BCUT2D eigenvalue weighted by atomic mass is 31.2. The monoisotopic (exact) mass is 594 g/mol. The number of rotatable bonds is 7. The lowest BCUT2D eigenvalue weighted by Gasteiger charge is -2.45. The molecule has 222 valence electrons. The van der Waals surface area contributed by atoms with E-state index in [1.54, 1.807) is 21.0 Å². The molecule has 0 aliphatic carbocycles. The minimum absolute atomic E-state index is 0.0666. The molecule has 0 spiro atoms. The first-order valence-electron chi connectivity index (χ1n) is 13.2. The molecule has 0 amide bonds. The van der Waals surface area contributed by atoms with Crippen molar-refractivity contribution in [2.24, 2.45) is 5.50 Å². The van der Waals surface area contributed by atoms with E-state index in [9.17, 15) is 14.7 Å². The Hall–Kier alpha value is -3.67. The molecule has 1 aromatic heterocycles. The van der Waals surface area contributed by atoms with Crippen molar-refractivity contribution in [1.29, 1.82) is 0 Å². The van der Waals surface area contributed by atoms with Crippen LogP contribution in [-0.4, -0.2) is 43.8 Å². The molecule has 1 aliphatic rings. The van der Waals surface area contributed by atoms with E-state index in [0.717, 1.165) is 16.7 Å². The molecular formula is C30H35N4O7P. The number of aromatic amines is 1. The van der Waals surface area contributed by atoms with Gasteiger partial charge < -0.3 is 24.4 Å². The third-order valence-electron chi connectivity index (χ3n) is 7.24. The first-order valence-corrected chi connectivity index (χ1v) is 14.5. The Balaban J connectivity index is 0.000000952. The van der Waals surface area contributed by atoms with Crippen molar-refractivity contribution in [3.8, 4) is 5.75 Å². The first-order chi connectivity index (χ1) is 20.0. The van der Waals surface area contributed by atoms with E-state index in [-0.39, 0.29) is 6.42 Å². The molecule has 11 nitrogen and oxygen atoms in total. The normalized spacial score (nSPS) is 20.2. The van der Waals surface area contributed by atoms with Crippen molar-refractivity contribution >= 4 is 8.53 Å². The third kappa shape index (κ3) is 6.38. The average molecular weight is 595 g/mol. The van der Waals surface area contributed by atoms with E-state index < -0.39 is 43.4 Å². The molecule has 0 unspecified atom stereocenters. The number of ether oxygens (including phenoxy) is 2. The van der Waals surface area contributed by atoms with Crippen LogP contribution in [0.5, 0.6) is 5.75 Å². The summed E-state index contributed by atoms with van der Waals surface area (Å²) in [6.07, 6.45) is 0.105. The van der Waals surface area contributed by atoms with Crippen molar-refractivity contribution in [3.63, 3.8) is 0 Å². The maximum atomic E-state index is 13.3. The van der Waals surface area contributed by atoms with Gasteiger partial charge >= 0.3 is 5.69 Å². The maximum absolute atomic E-state index is 13.3. The molecule has 0 radical (unpaired) electrons. The van der Waals surface area contributed by atoms with E-state index in [1.165, 1.54) is 10.8 Å². The van der Waals surface area contributed by atoms with Gasteiger partial charge in [-0.15, -0.1) is 0 Å². The molecule has 4 aromatic rings. The summed E-state index contributed by atoms with van der Waals surface area (Å²) in [6, 6.07) is 27.4. The van der Waals surface area contributed by atoms with Gasteiger partial charge in [-0.25, -0.2) is 4.79 Å². The lowest BCUT2D eigenvalue weighted by molar-refractivity contribution is -0.135. The quantitative estimate of drug-likeness (QED) is 0.139. The summed E-state index contributed by atoms with van der Waals surface area (Å²) in [4.78, 5) is 42.8. The van der Waals surface area contributed by atoms with Crippen LogP contribution in [-0.2, 0) is 16.1 Å². The van der Waals surface area contributed by atoms with E-state index in [2.05, 4.69) is 15.8 Å². The predicted octanol–water partition coefficient (Wildman–Crippen LogP) is 2.37. The van der Waals surface area contributed by atoms with Crippen LogP contribution in [0.1, 0.15) is 35.6 Å². The maximum Gasteiger partial charge on any atom is 0.331 e. The fourth-order valence-corrected chi connectivity index (χ4v) is 5.24. The number of methoxy groups -OCH3 is 1. The van der Waals surface area contributed by atoms with Crippen LogP contribution in [0.4, 0.5) is 0 Å². The molecule has 1 aliphatic heterocycles. The van der Waals surface area contributed by atoms with Crippen LogP contribution < -0.4 is 26.8 Å². The van der Waals surface area contributed by atoms with Crippen LogP contribution in [0.15, 0.2) is 101 Å². The highest BCUT2D eigenvalue weighted by molar-refractivity contribution is 7.42. The standard InChI is InChI=1S/C30H31N3O5.H4NO2P/c1-20-19-33(28(36)31-27(20)35)29(18-26(34)21(2)38-29)32-30(22-10-6-4-7-11-22,23-12-8-5-9-13-23)24-14-16-25(37-3)17-15-24;1-4(2)3/h4-17,19,21,26,32,34H,18H2,1-3H3,(H,31,35,36);2-3H,1H2/t21-,26+,29+;/m1./s1. The molecule has 0 saturated carbocycles. The zero-order valence-electron chi connectivity index (χ0n) is 23.5. The molecule has 3 atom stereocenters. The van der Waals surface area contributed by atoms with E-state index >= 15 is 0 Å². The van der Waals surface area contributed by atoms with Crippen molar-refractivity contribution in [1.82, 2.24) is 14.9 Å². The number of nitrogens with two attached hydrogens (primary N) is 1. The van der Waals surface area contributed by atoms with Gasteiger partial charge in [-0.2, -0.15) is 0 Å². The van der Waals surface area contributed by atoms with Crippen LogP contribution in [0.2, 0.25) is 0 Å². The van der Waals surface area contributed by atoms with Gasteiger partial charge in [0.2, 0.25) is 14.4 Å². The minimum atomic E-state index is -2.12. The number of hydrogen-bond donors (Lipinski definition) is 6. The van der Waals surface area contributed by atoms with Gasteiger partial charge in [-0.1, -0.05) is 72.8 Å². The summed E-state index contributed by atoms with van der Waals surface area (Å²) < 4.78 is 13.2. The minimum Gasteiger partial charge on any atom is -0.497 e. The summed E-state index contributed by atoms with van der Waals surface area (Å²) >= 11 is 0. The number of nitrogens with one attached hydrogen (secondary N) is 2. The molecular weight excluding hydrogens is 559 g/mol. The number of benzene rings is 3. The fourth-order valence-electron chi connectivity index (χ4n) is 5.24. The molecule has 0 bridgehead atoms. The second-order valence-electron chi connectivity index (χ2n) is 9.98. The van der Waals surface area contributed by atoms with Crippen molar-refractivity contribution in [2.75, 3.05) is 7.11 Å². The van der Waals surface area contributed by atoms with Gasteiger partial charge in [0.25, 0.3) is 5.56 Å². The molecule has 42 heavy (non-hydrogen) atoms. The van der Waals surface area contributed by atoms with Crippen molar-refractivity contribution in [3.05, 3.63) is 134 Å². The summed E-state index contributed by atoms with van der Waals surface area (Å²) in [7, 11) is -0.505. The summed E-state index contributed by atoms with van der Waals surface area (Å²) in [5.41, 5.74) is 5.13. The van der Waals surface area contributed by atoms with Gasteiger partial charge in [-0.05, 0) is 42.7 Å². The second kappa shape index (κ2) is 13.1. The van der Waals surface area contributed by atoms with Gasteiger partial charge in [0, 0.05) is 18.2 Å². The number of H-pyrrole nitrogens is 1. The molecule has 3 aromatic carbocycles. The van der Waals surface area contributed by atoms with Crippen LogP contribution >= 0.6 is 8.53 Å². The Morgan fingerprint density at radius 3 is 1.95 bits per heavy atom. The van der Waals surface area contributed by atoms with E-state index in [0.29, 0.717) is 11.3 Å². The average Bonchev–Trinajstić information content (AvgIpc) is 3.27. The van der Waals surface area contributed by atoms with Crippen molar-refractivity contribution < 1.29 is 24.4 Å². The number of aliphatic hydroxyl groups excluding tert-OH is 1. The number of aryl methyl sites for hydroxylation is 1. The number of aromatic nitrogens is 2. The second-order valence-corrected chi connectivity index (χ2v) is 10.6. The predicted molar refractivity (Wildman–Crippen MR) is 160 cm³/mol. The van der Waals surface area contributed by atoms with Gasteiger partial charge in [0.1, 0.15) is 5.75 Å². The molecule has 2 heterocycles. The van der Waals surface area contributed by atoms with Crippen LogP contribution in [0.3, 0.4) is 0 Å².